The molecule has 2 aliphatic heterocycles. The number of ketones is 1. The average Bonchev–Trinajstić information content (AvgIpc) is 2.49. The Morgan fingerprint density at radius 2 is 1.90 bits per heavy atom. The molecule has 0 radical (unpaired) electrons. The van der Waals surface area contributed by atoms with Crippen LogP contribution in [0.4, 0.5) is 5.69 Å². The van der Waals surface area contributed by atoms with Crippen LogP contribution in [0.1, 0.15) is 17.9 Å². The molecule has 0 saturated carbocycles. The van der Waals surface area contributed by atoms with Crippen LogP contribution in [0.3, 0.4) is 0 Å². The van der Waals surface area contributed by atoms with Crippen molar-refractivity contribution in [2.75, 3.05) is 37.6 Å². The van der Waals surface area contributed by atoms with Crippen LogP contribution in [0.25, 0.3) is 0 Å². The molecule has 3 rings (SSSR count). The summed E-state index contributed by atoms with van der Waals surface area (Å²) in [5.41, 5.74) is 1.65. The number of halogens is 1. The summed E-state index contributed by atoms with van der Waals surface area (Å²) in [6.07, 6.45) is 0.367. The van der Waals surface area contributed by atoms with Crippen LogP contribution >= 0.6 is 11.6 Å². The number of hydrogen-bond acceptors (Lipinski definition) is 4. The third-order valence-corrected chi connectivity index (χ3v) is 4.36. The van der Waals surface area contributed by atoms with Crippen molar-refractivity contribution in [2.45, 2.75) is 12.3 Å². The number of piperazine rings is 1. The van der Waals surface area contributed by atoms with E-state index in [1.165, 1.54) is 0 Å². The van der Waals surface area contributed by atoms with E-state index in [4.69, 9.17) is 11.6 Å². The Morgan fingerprint density at radius 3 is 2.57 bits per heavy atom. The molecule has 6 heteroatoms. The number of Topliss-reactive ketones (excluding diaryl/α,β-unsaturated/α-hetero) is 1. The molecule has 5 nitrogen and oxygen atoms in total. The van der Waals surface area contributed by atoms with Gasteiger partial charge in [-0.2, -0.15) is 0 Å². The van der Waals surface area contributed by atoms with E-state index in [9.17, 15) is 9.59 Å². The summed E-state index contributed by atoms with van der Waals surface area (Å²) in [7, 11) is 0. The molecule has 1 unspecified atom stereocenters. The Labute approximate surface area is 128 Å². The average molecular weight is 308 g/mol. The van der Waals surface area contributed by atoms with Gasteiger partial charge in [0.2, 0.25) is 5.91 Å². The van der Waals surface area contributed by atoms with Crippen molar-refractivity contribution in [1.82, 2.24) is 10.6 Å². The molecule has 0 aromatic heterocycles. The summed E-state index contributed by atoms with van der Waals surface area (Å²) in [4.78, 5) is 26.2. The topological polar surface area (TPSA) is 61.4 Å². The highest BCUT2D eigenvalue weighted by molar-refractivity contribution is 6.32. The quantitative estimate of drug-likeness (QED) is 0.798. The lowest BCUT2D eigenvalue weighted by Crippen LogP contribution is -2.43. The largest absolute Gasteiger partial charge is 0.369 e. The van der Waals surface area contributed by atoms with Crippen LogP contribution in [-0.4, -0.2) is 44.4 Å². The predicted octanol–water partition coefficient (Wildman–Crippen LogP) is 0.922. The van der Waals surface area contributed by atoms with Crippen molar-refractivity contribution in [2.24, 2.45) is 0 Å². The van der Waals surface area contributed by atoms with E-state index in [0.29, 0.717) is 23.6 Å². The molecule has 112 valence electrons. The van der Waals surface area contributed by atoms with Gasteiger partial charge in [-0.15, -0.1) is 0 Å². The van der Waals surface area contributed by atoms with Gasteiger partial charge in [-0.25, -0.2) is 0 Å². The zero-order valence-electron chi connectivity index (χ0n) is 11.7. The number of rotatable bonds is 2. The summed E-state index contributed by atoms with van der Waals surface area (Å²) in [6, 6.07) is 5.62. The first-order valence-corrected chi connectivity index (χ1v) is 7.60. The lowest BCUT2D eigenvalue weighted by molar-refractivity contribution is -0.132. The maximum Gasteiger partial charge on any atom is 0.235 e. The molecule has 0 spiro atoms. The van der Waals surface area contributed by atoms with Gasteiger partial charge < -0.3 is 15.5 Å². The zero-order chi connectivity index (χ0) is 14.8. The number of carbonyl (C=O) groups excluding carboxylic acids is 2. The van der Waals surface area contributed by atoms with Gasteiger partial charge in [0.05, 0.1) is 0 Å². The zero-order valence-corrected chi connectivity index (χ0v) is 12.4. The smallest absolute Gasteiger partial charge is 0.235 e. The molecule has 2 saturated heterocycles. The second-order valence-electron chi connectivity index (χ2n) is 5.38. The Kier molecular flexibility index (Phi) is 4.12. The third kappa shape index (κ3) is 2.89. The van der Waals surface area contributed by atoms with Gasteiger partial charge in [0.1, 0.15) is 5.92 Å². The Bertz CT molecular complexity index is 554. The predicted molar refractivity (Wildman–Crippen MR) is 81.9 cm³/mol. The standard InChI is InChI=1S/C15H18ClN3O2/c16-12-9-10(19-7-5-17-6-8-19)1-2-11(12)14-13(20)3-4-18-15(14)21/h1-2,9,14,17H,3-8H2,(H,18,21). The number of nitrogens with one attached hydrogen (secondary N) is 2. The first-order valence-electron chi connectivity index (χ1n) is 7.22. The van der Waals surface area contributed by atoms with Gasteiger partial charge in [0, 0.05) is 49.9 Å². The van der Waals surface area contributed by atoms with E-state index in [0.717, 1.165) is 31.9 Å². The minimum absolute atomic E-state index is 0.0597. The lowest BCUT2D eigenvalue weighted by atomic mass is 9.89. The molecule has 1 atom stereocenters. The van der Waals surface area contributed by atoms with Gasteiger partial charge in [0.15, 0.2) is 5.78 Å². The molecule has 2 fully saturated rings. The maximum absolute atomic E-state index is 12.0. The molecule has 0 bridgehead atoms. The minimum Gasteiger partial charge on any atom is -0.369 e. The normalized spacial score (nSPS) is 23.1. The highest BCUT2D eigenvalue weighted by atomic mass is 35.5. The van der Waals surface area contributed by atoms with E-state index in [2.05, 4.69) is 15.5 Å². The van der Waals surface area contributed by atoms with Crippen LogP contribution in [-0.2, 0) is 9.59 Å². The van der Waals surface area contributed by atoms with Gasteiger partial charge in [0.25, 0.3) is 0 Å². The first kappa shape index (κ1) is 14.4. The first-order chi connectivity index (χ1) is 10.2. The van der Waals surface area contributed by atoms with Crippen LogP contribution in [0, 0.1) is 0 Å². The number of hydrogen-bond donors (Lipinski definition) is 2. The minimum atomic E-state index is -0.761. The van der Waals surface area contributed by atoms with E-state index < -0.39 is 5.92 Å². The van der Waals surface area contributed by atoms with Crippen molar-refractivity contribution >= 4 is 29.0 Å². The van der Waals surface area contributed by atoms with E-state index >= 15 is 0 Å². The van der Waals surface area contributed by atoms with Crippen LogP contribution in [0.2, 0.25) is 5.02 Å². The lowest BCUT2D eigenvalue weighted by Gasteiger charge is -2.30. The van der Waals surface area contributed by atoms with Crippen molar-refractivity contribution in [3.63, 3.8) is 0 Å². The fourth-order valence-corrected chi connectivity index (χ4v) is 3.17. The number of nitrogens with zero attached hydrogens (tertiary/aromatic N) is 1. The second kappa shape index (κ2) is 6.03. The fourth-order valence-electron chi connectivity index (χ4n) is 2.89. The Morgan fingerprint density at radius 1 is 1.14 bits per heavy atom. The summed E-state index contributed by atoms with van der Waals surface area (Å²) in [5.74, 6) is -1.07. The molecule has 1 amide bonds. The van der Waals surface area contributed by atoms with Crippen molar-refractivity contribution in [3.8, 4) is 0 Å². The van der Waals surface area contributed by atoms with Crippen LogP contribution in [0.5, 0.6) is 0 Å². The highest BCUT2D eigenvalue weighted by Crippen LogP contribution is 2.31. The molecule has 2 N–H and O–H groups in total. The highest BCUT2D eigenvalue weighted by Gasteiger charge is 2.33. The molecule has 2 heterocycles. The molecule has 21 heavy (non-hydrogen) atoms. The van der Waals surface area contributed by atoms with Crippen molar-refractivity contribution < 1.29 is 9.59 Å². The number of piperidine rings is 1. The van der Waals surface area contributed by atoms with Gasteiger partial charge >= 0.3 is 0 Å². The van der Waals surface area contributed by atoms with Gasteiger partial charge in [-0.3, -0.25) is 9.59 Å². The Hall–Kier alpha value is -1.59. The second-order valence-corrected chi connectivity index (χ2v) is 5.79. The molecule has 1 aromatic carbocycles. The summed E-state index contributed by atoms with van der Waals surface area (Å²) >= 11 is 6.34. The molecule has 2 aliphatic rings. The maximum atomic E-state index is 12.0. The molecular weight excluding hydrogens is 290 g/mol. The van der Waals surface area contributed by atoms with E-state index in [1.54, 1.807) is 0 Å². The summed E-state index contributed by atoms with van der Waals surface area (Å²) < 4.78 is 0. The van der Waals surface area contributed by atoms with Gasteiger partial charge in [-0.1, -0.05) is 17.7 Å². The van der Waals surface area contributed by atoms with E-state index in [1.807, 2.05) is 18.2 Å². The molecular formula is C15H18ClN3O2. The number of benzene rings is 1. The molecule has 1 aromatic rings. The number of carbonyl (C=O) groups is 2. The molecule has 0 aliphatic carbocycles. The van der Waals surface area contributed by atoms with E-state index in [-0.39, 0.29) is 11.7 Å². The fraction of sp³-hybridized carbons (Fsp3) is 0.467. The third-order valence-electron chi connectivity index (χ3n) is 4.03. The van der Waals surface area contributed by atoms with Crippen LogP contribution < -0.4 is 15.5 Å². The Balaban J connectivity index is 1.86. The number of amides is 1. The van der Waals surface area contributed by atoms with Crippen LogP contribution in [0.15, 0.2) is 18.2 Å². The summed E-state index contributed by atoms with van der Waals surface area (Å²) in [5, 5.41) is 6.52. The van der Waals surface area contributed by atoms with Crippen molar-refractivity contribution in [1.29, 1.82) is 0 Å². The summed E-state index contributed by atoms with van der Waals surface area (Å²) in [6.45, 7) is 4.17. The SMILES string of the molecule is O=C1CCNC(=O)C1c1ccc(N2CCNCC2)cc1Cl. The number of anilines is 1. The monoisotopic (exact) mass is 307 g/mol. The van der Waals surface area contributed by atoms with Gasteiger partial charge in [-0.05, 0) is 17.7 Å². The van der Waals surface area contributed by atoms with Crippen molar-refractivity contribution in [3.05, 3.63) is 28.8 Å².